The van der Waals surface area contributed by atoms with Crippen molar-refractivity contribution in [3.8, 4) is 5.75 Å². The number of anilines is 2. The molecule has 1 aromatic heterocycles. The van der Waals surface area contributed by atoms with Crippen molar-refractivity contribution in [2.75, 3.05) is 36.0 Å². The minimum absolute atomic E-state index is 0.197. The molecule has 0 amide bonds. The highest BCUT2D eigenvalue weighted by Gasteiger charge is 2.31. The van der Waals surface area contributed by atoms with Crippen LogP contribution in [0, 0.1) is 0 Å². The van der Waals surface area contributed by atoms with Gasteiger partial charge in [-0.25, -0.2) is 4.98 Å². The van der Waals surface area contributed by atoms with Gasteiger partial charge < -0.3 is 14.5 Å². The third kappa shape index (κ3) is 3.62. The molecule has 0 N–H and O–H groups in total. The number of thiazole rings is 1. The minimum Gasteiger partial charge on any atom is -0.406 e. The maximum Gasteiger partial charge on any atom is 0.573 e. The number of halogens is 3. The van der Waals surface area contributed by atoms with E-state index >= 15 is 0 Å². The van der Waals surface area contributed by atoms with Gasteiger partial charge in [0.2, 0.25) is 0 Å². The smallest absolute Gasteiger partial charge is 0.406 e. The standard InChI is InChI=1S/C14H14F3N3OS/c15-14(16,17)21-12-3-1-11(2-4-12)19-5-7-20(8-6-19)13-9-22-10-18-13/h1-4,9-10H,5-8H2. The van der Waals surface area contributed by atoms with Gasteiger partial charge in [0.1, 0.15) is 11.6 Å². The summed E-state index contributed by atoms with van der Waals surface area (Å²) in [5.41, 5.74) is 2.70. The van der Waals surface area contributed by atoms with E-state index in [9.17, 15) is 13.2 Å². The van der Waals surface area contributed by atoms with E-state index < -0.39 is 6.36 Å². The molecule has 1 saturated heterocycles. The Bertz CT molecular complexity index is 593. The summed E-state index contributed by atoms with van der Waals surface area (Å²) < 4.78 is 40.3. The van der Waals surface area contributed by atoms with Crippen LogP contribution in [0.1, 0.15) is 0 Å². The van der Waals surface area contributed by atoms with Crippen LogP contribution in [0.25, 0.3) is 0 Å². The lowest BCUT2D eigenvalue weighted by Gasteiger charge is -2.36. The van der Waals surface area contributed by atoms with Gasteiger partial charge in [0, 0.05) is 37.2 Å². The SMILES string of the molecule is FC(F)(F)Oc1ccc(N2CCN(c3cscn3)CC2)cc1. The molecule has 1 fully saturated rings. The number of hydrogen-bond donors (Lipinski definition) is 0. The van der Waals surface area contributed by atoms with E-state index in [4.69, 9.17) is 0 Å². The minimum atomic E-state index is -4.65. The predicted octanol–water partition coefficient (Wildman–Crippen LogP) is 3.37. The number of hydrogen-bond acceptors (Lipinski definition) is 5. The summed E-state index contributed by atoms with van der Waals surface area (Å²) in [4.78, 5) is 8.63. The van der Waals surface area contributed by atoms with Crippen LogP contribution in [0.3, 0.4) is 0 Å². The number of benzene rings is 1. The van der Waals surface area contributed by atoms with Crippen molar-refractivity contribution in [1.29, 1.82) is 0 Å². The van der Waals surface area contributed by atoms with E-state index in [1.165, 1.54) is 12.1 Å². The number of aromatic nitrogens is 1. The normalized spacial score (nSPS) is 16.0. The molecule has 0 atom stereocenters. The number of ether oxygens (including phenoxy) is 1. The molecule has 2 heterocycles. The zero-order valence-corrected chi connectivity index (χ0v) is 12.4. The first-order chi connectivity index (χ1) is 10.5. The van der Waals surface area contributed by atoms with Crippen LogP contribution in [-0.4, -0.2) is 37.5 Å². The average molecular weight is 329 g/mol. The summed E-state index contributed by atoms with van der Waals surface area (Å²) >= 11 is 1.56. The summed E-state index contributed by atoms with van der Waals surface area (Å²) in [6.45, 7) is 3.28. The predicted molar refractivity (Wildman–Crippen MR) is 79.7 cm³/mol. The number of rotatable bonds is 3. The Morgan fingerprint density at radius 2 is 1.64 bits per heavy atom. The summed E-state index contributed by atoms with van der Waals surface area (Å²) in [6.07, 6.45) is -4.65. The topological polar surface area (TPSA) is 28.6 Å². The second-order valence-corrected chi connectivity index (χ2v) is 5.58. The van der Waals surface area contributed by atoms with Gasteiger partial charge >= 0.3 is 6.36 Å². The van der Waals surface area contributed by atoms with Crippen LogP contribution in [0.4, 0.5) is 24.7 Å². The van der Waals surface area contributed by atoms with Crippen molar-refractivity contribution in [3.05, 3.63) is 35.2 Å². The molecule has 0 radical (unpaired) electrons. The third-order valence-corrected chi connectivity index (χ3v) is 4.03. The molecule has 1 aromatic carbocycles. The maximum atomic E-state index is 12.1. The average Bonchev–Trinajstić information content (AvgIpc) is 3.01. The highest BCUT2D eigenvalue weighted by atomic mass is 32.1. The molecule has 22 heavy (non-hydrogen) atoms. The molecule has 0 spiro atoms. The fourth-order valence-corrected chi connectivity index (χ4v) is 2.98. The van der Waals surface area contributed by atoms with Gasteiger partial charge in [-0.05, 0) is 24.3 Å². The molecule has 4 nitrogen and oxygen atoms in total. The lowest BCUT2D eigenvalue weighted by Crippen LogP contribution is -2.46. The van der Waals surface area contributed by atoms with E-state index in [1.807, 2.05) is 5.38 Å². The molecule has 0 unspecified atom stereocenters. The second-order valence-electron chi connectivity index (χ2n) is 4.86. The number of alkyl halides is 3. The Morgan fingerprint density at radius 3 is 2.18 bits per heavy atom. The third-order valence-electron chi connectivity index (χ3n) is 3.46. The zero-order chi connectivity index (χ0) is 15.6. The van der Waals surface area contributed by atoms with Gasteiger partial charge in [-0.3, -0.25) is 0 Å². The van der Waals surface area contributed by atoms with Crippen LogP contribution in [0.5, 0.6) is 5.75 Å². The van der Waals surface area contributed by atoms with Crippen molar-refractivity contribution >= 4 is 22.8 Å². The fourth-order valence-electron chi connectivity index (χ4n) is 2.41. The first kappa shape index (κ1) is 15.0. The van der Waals surface area contributed by atoms with E-state index in [2.05, 4.69) is 19.5 Å². The molecule has 1 aliphatic rings. The summed E-state index contributed by atoms with van der Waals surface area (Å²) in [5, 5.41) is 2.01. The zero-order valence-electron chi connectivity index (χ0n) is 11.6. The summed E-state index contributed by atoms with van der Waals surface area (Å²) in [7, 11) is 0. The Kier molecular flexibility index (Phi) is 4.10. The van der Waals surface area contributed by atoms with Crippen LogP contribution in [0.2, 0.25) is 0 Å². The molecule has 3 rings (SSSR count). The number of nitrogens with zero attached hydrogens (tertiary/aromatic N) is 3. The monoisotopic (exact) mass is 329 g/mol. The van der Waals surface area contributed by atoms with E-state index in [-0.39, 0.29) is 5.75 Å². The first-order valence-corrected chi connectivity index (χ1v) is 7.69. The van der Waals surface area contributed by atoms with Crippen LogP contribution in [-0.2, 0) is 0 Å². The van der Waals surface area contributed by atoms with Crippen molar-refractivity contribution in [2.24, 2.45) is 0 Å². The maximum absolute atomic E-state index is 12.1. The lowest BCUT2D eigenvalue weighted by molar-refractivity contribution is -0.274. The van der Waals surface area contributed by atoms with Gasteiger partial charge in [-0.2, -0.15) is 0 Å². The summed E-state index contributed by atoms with van der Waals surface area (Å²) in [5.74, 6) is 0.788. The van der Waals surface area contributed by atoms with Gasteiger partial charge in [0.25, 0.3) is 0 Å². The van der Waals surface area contributed by atoms with Gasteiger partial charge in [0.05, 0.1) is 5.51 Å². The molecule has 0 aliphatic carbocycles. The molecule has 8 heteroatoms. The molecular weight excluding hydrogens is 315 g/mol. The van der Waals surface area contributed by atoms with Crippen molar-refractivity contribution in [2.45, 2.75) is 6.36 Å². The molecule has 2 aromatic rings. The van der Waals surface area contributed by atoms with Gasteiger partial charge in [0.15, 0.2) is 0 Å². The Hall–Kier alpha value is -1.96. The molecule has 1 aliphatic heterocycles. The van der Waals surface area contributed by atoms with Gasteiger partial charge in [-0.15, -0.1) is 24.5 Å². The Morgan fingerprint density at radius 1 is 1.00 bits per heavy atom. The molecule has 0 bridgehead atoms. The Labute approximate surface area is 129 Å². The highest BCUT2D eigenvalue weighted by Crippen LogP contribution is 2.26. The van der Waals surface area contributed by atoms with E-state index in [1.54, 1.807) is 29.0 Å². The second kappa shape index (κ2) is 6.04. The number of piperazine rings is 1. The highest BCUT2D eigenvalue weighted by molar-refractivity contribution is 7.07. The first-order valence-electron chi connectivity index (χ1n) is 6.75. The van der Waals surface area contributed by atoms with E-state index in [0.717, 1.165) is 37.7 Å². The quantitative estimate of drug-likeness (QED) is 0.863. The summed E-state index contributed by atoms with van der Waals surface area (Å²) in [6, 6.07) is 5.99. The molecule has 0 saturated carbocycles. The molecule has 118 valence electrons. The fraction of sp³-hybridized carbons (Fsp3) is 0.357. The van der Waals surface area contributed by atoms with Crippen LogP contribution in [0.15, 0.2) is 35.2 Å². The lowest BCUT2D eigenvalue weighted by atomic mass is 10.2. The van der Waals surface area contributed by atoms with Crippen LogP contribution >= 0.6 is 11.3 Å². The van der Waals surface area contributed by atoms with Gasteiger partial charge in [-0.1, -0.05) is 0 Å². The van der Waals surface area contributed by atoms with Crippen LogP contribution < -0.4 is 14.5 Å². The van der Waals surface area contributed by atoms with Crippen molar-refractivity contribution in [3.63, 3.8) is 0 Å². The van der Waals surface area contributed by atoms with Crippen molar-refractivity contribution < 1.29 is 17.9 Å². The van der Waals surface area contributed by atoms with Crippen molar-refractivity contribution in [1.82, 2.24) is 4.98 Å². The van der Waals surface area contributed by atoms with E-state index in [0.29, 0.717) is 0 Å². The Balaban J connectivity index is 1.59. The largest absolute Gasteiger partial charge is 0.573 e. The molecular formula is C14H14F3N3OS.